The first-order valence-corrected chi connectivity index (χ1v) is 8.07. The molecule has 1 aromatic rings. The number of fused-ring (bicyclic) bond motifs is 1. The van der Waals surface area contributed by atoms with Crippen molar-refractivity contribution in [3.05, 3.63) is 58.9 Å². The minimum absolute atomic E-state index is 0.333. The van der Waals surface area contributed by atoms with E-state index in [9.17, 15) is 0 Å². The molecule has 4 rings (SSSR count). The van der Waals surface area contributed by atoms with E-state index in [1.807, 2.05) is 6.07 Å². The second-order valence-corrected chi connectivity index (χ2v) is 5.94. The van der Waals surface area contributed by atoms with Crippen molar-refractivity contribution in [2.24, 2.45) is 0 Å². The summed E-state index contributed by atoms with van der Waals surface area (Å²) in [6.07, 6.45) is 10.7. The van der Waals surface area contributed by atoms with Crippen LogP contribution in [-0.4, -0.2) is 20.2 Å². The molecule has 0 radical (unpaired) electrons. The van der Waals surface area contributed by atoms with Gasteiger partial charge in [-0.25, -0.2) is 0 Å². The summed E-state index contributed by atoms with van der Waals surface area (Å²) in [4.78, 5) is 0. The lowest BCUT2D eigenvalue weighted by Gasteiger charge is -2.17. The third kappa shape index (κ3) is 3.27. The molecule has 2 heterocycles. The van der Waals surface area contributed by atoms with Gasteiger partial charge in [0.05, 0.1) is 6.61 Å². The summed E-state index contributed by atoms with van der Waals surface area (Å²) in [6.45, 7) is 1.38. The molecule has 2 aliphatic heterocycles. The summed E-state index contributed by atoms with van der Waals surface area (Å²) in [5.41, 5.74) is 3.89. The first-order chi connectivity index (χ1) is 11.4. The van der Waals surface area contributed by atoms with Crippen LogP contribution >= 0.6 is 0 Å². The van der Waals surface area contributed by atoms with Crippen molar-refractivity contribution in [2.45, 2.75) is 25.7 Å². The van der Waals surface area contributed by atoms with Crippen LogP contribution < -0.4 is 9.47 Å². The van der Waals surface area contributed by atoms with Gasteiger partial charge in [0.2, 0.25) is 6.79 Å². The highest BCUT2D eigenvalue weighted by molar-refractivity contribution is 5.44. The van der Waals surface area contributed by atoms with Crippen LogP contribution in [0.5, 0.6) is 11.5 Å². The van der Waals surface area contributed by atoms with Gasteiger partial charge in [-0.2, -0.15) is 0 Å². The van der Waals surface area contributed by atoms with E-state index in [2.05, 4.69) is 30.4 Å². The molecule has 0 unspecified atom stereocenters. The molecule has 0 amide bonds. The number of hydrogen-bond donors (Lipinski definition) is 0. The van der Waals surface area contributed by atoms with E-state index in [1.54, 1.807) is 0 Å². The van der Waals surface area contributed by atoms with Gasteiger partial charge in [-0.3, -0.25) is 0 Å². The van der Waals surface area contributed by atoms with Crippen LogP contribution in [0.3, 0.4) is 0 Å². The maximum Gasteiger partial charge on any atom is 0.231 e. The molecule has 0 spiro atoms. The number of rotatable bonds is 4. The average molecular weight is 312 g/mol. The van der Waals surface area contributed by atoms with Gasteiger partial charge >= 0.3 is 0 Å². The van der Waals surface area contributed by atoms with Crippen LogP contribution in [0.2, 0.25) is 0 Å². The molecule has 4 heteroatoms. The molecule has 0 N–H and O–H groups in total. The summed E-state index contributed by atoms with van der Waals surface area (Å²) in [5.74, 6) is 2.70. The summed E-state index contributed by atoms with van der Waals surface area (Å²) in [7, 11) is 0. The molecule has 0 fully saturated rings. The fraction of sp³-hybridized carbons (Fsp3) is 0.368. The van der Waals surface area contributed by atoms with Gasteiger partial charge < -0.3 is 18.9 Å². The van der Waals surface area contributed by atoms with Crippen LogP contribution in [0.15, 0.2) is 53.3 Å². The quantitative estimate of drug-likeness (QED) is 0.845. The molecule has 0 saturated heterocycles. The topological polar surface area (TPSA) is 36.9 Å². The van der Waals surface area contributed by atoms with Crippen LogP contribution in [-0.2, 0) is 15.9 Å². The van der Waals surface area contributed by atoms with Gasteiger partial charge in [-0.05, 0) is 49.5 Å². The highest BCUT2D eigenvalue weighted by Gasteiger charge is 2.14. The fourth-order valence-electron chi connectivity index (χ4n) is 3.05. The van der Waals surface area contributed by atoms with Crippen molar-refractivity contribution < 1.29 is 18.9 Å². The smallest absolute Gasteiger partial charge is 0.231 e. The molecule has 0 aromatic heterocycles. The van der Waals surface area contributed by atoms with Crippen LogP contribution in [0.25, 0.3) is 0 Å². The molecule has 23 heavy (non-hydrogen) atoms. The Bertz CT molecular complexity index is 685. The van der Waals surface area contributed by atoms with Crippen molar-refractivity contribution in [2.75, 3.05) is 20.2 Å². The molecule has 1 aromatic carbocycles. The van der Waals surface area contributed by atoms with E-state index in [-0.39, 0.29) is 0 Å². The Kier molecular flexibility index (Phi) is 4.07. The standard InChI is InChI=1S/C19H20O4/c1(3-15-6-9-18-19(10-15)23-13-22-18)2-14-4-7-16-11-20-12-21-17(16)8-5-14/h4-6,8-10H,1-3,7,11-13H2. The maximum absolute atomic E-state index is 5.54. The van der Waals surface area contributed by atoms with Crippen LogP contribution in [0, 0.1) is 0 Å². The second-order valence-electron chi connectivity index (χ2n) is 5.94. The molecule has 120 valence electrons. The second kappa shape index (κ2) is 6.50. The fourth-order valence-corrected chi connectivity index (χ4v) is 3.05. The van der Waals surface area contributed by atoms with E-state index in [4.69, 9.17) is 18.9 Å². The summed E-state index contributed by atoms with van der Waals surface area (Å²) in [6, 6.07) is 6.21. The summed E-state index contributed by atoms with van der Waals surface area (Å²) >= 11 is 0. The Morgan fingerprint density at radius 2 is 1.87 bits per heavy atom. The highest BCUT2D eigenvalue weighted by Crippen LogP contribution is 2.33. The predicted molar refractivity (Wildman–Crippen MR) is 86.3 cm³/mol. The molecule has 0 saturated carbocycles. The van der Waals surface area contributed by atoms with E-state index >= 15 is 0 Å². The molecular weight excluding hydrogens is 292 g/mol. The predicted octanol–water partition coefficient (Wildman–Crippen LogP) is 3.88. The van der Waals surface area contributed by atoms with Crippen molar-refractivity contribution in [1.29, 1.82) is 0 Å². The molecular formula is C19H20O4. The Balaban J connectivity index is 1.32. The van der Waals surface area contributed by atoms with Crippen LogP contribution in [0.1, 0.15) is 24.8 Å². The third-order valence-corrected chi connectivity index (χ3v) is 4.35. The van der Waals surface area contributed by atoms with Crippen molar-refractivity contribution in [1.82, 2.24) is 0 Å². The Labute approximate surface area is 136 Å². The number of benzene rings is 1. The third-order valence-electron chi connectivity index (χ3n) is 4.35. The van der Waals surface area contributed by atoms with Gasteiger partial charge in [0, 0.05) is 5.57 Å². The number of allylic oxidation sites excluding steroid dienone is 4. The van der Waals surface area contributed by atoms with Gasteiger partial charge in [-0.1, -0.05) is 23.8 Å². The highest BCUT2D eigenvalue weighted by atomic mass is 16.7. The van der Waals surface area contributed by atoms with E-state index < -0.39 is 0 Å². The lowest BCUT2D eigenvalue weighted by molar-refractivity contribution is -0.0317. The van der Waals surface area contributed by atoms with E-state index in [0.29, 0.717) is 20.2 Å². The number of ether oxygens (including phenoxy) is 4. The molecule has 0 bridgehead atoms. The summed E-state index contributed by atoms with van der Waals surface area (Å²) < 4.78 is 21.7. The van der Waals surface area contributed by atoms with Crippen LogP contribution in [0.4, 0.5) is 0 Å². The summed E-state index contributed by atoms with van der Waals surface area (Å²) in [5, 5.41) is 0. The zero-order valence-electron chi connectivity index (χ0n) is 13.0. The lowest BCUT2D eigenvalue weighted by Crippen LogP contribution is -2.12. The van der Waals surface area contributed by atoms with E-state index in [1.165, 1.54) is 16.7 Å². The Hall–Kier alpha value is -2.20. The van der Waals surface area contributed by atoms with Gasteiger partial charge in [0.25, 0.3) is 0 Å². The van der Waals surface area contributed by atoms with Gasteiger partial charge in [0.1, 0.15) is 5.76 Å². The average Bonchev–Trinajstić information content (AvgIpc) is 2.95. The molecule has 3 aliphatic rings. The molecule has 1 aliphatic carbocycles. The minimum atomic E-state index is 0.333. The normalized spacial score (nSPS) is 19.0. The first kappa shape index (κ1) is 14.4. The Morgan fingerprint density at radius 1 is 0.913 bits per heavy atom. The molecule has 0 atom stereocenters. The SMILES string of the molecule is C1=CC2=C(CC=C1CCCc1ccc3c(c1)OCO3)COCO2. The molecule has 4 nitrogen and oxygen atoms in total. The zero-order chi connectivity index (χ0) is 15.5. The largest absolute Gasteiger partial charge is 0.467 e. The zero-order valence-corrected chi connectivity index (χ0v) is 13.0. The van der Waals surface area contributed by atoms with Crippen molar-refractivity contribution in [3.8, 4) is 11.5 Å². The first-order valence-electron chi connectivity index (χ1n) is 8.07. The lowest BCUT2D eigenvalue weighted by atomic mass is 10.0. The van der Waals surface area contributed by atoms with E-state index in [0.717, 1.165) is 42.9 Å². The minimum Gasteiger partial charge on any atom is -0.467 e. The van der Waals surface area contributed by atoms with Crippen molar-refractivity contribution in [3.63, 3.8) is 0 Å². The monoisotopic (exact) mass is 312 g/mol. The van der Waals surface area contributed by atoms with Gasteiger partial charge in [0.15, 0.2) is 18.3 Å². The number of hydrogen-bond acceptors (Lipinski definition) is 4. The van der Waals surface area contributed by atoms with Crippen molar-refractivity contribution >= 4 is 0 Å². The van der Waals surface area contributed by atoms with Gasteiger partial charge in [-0.15, -0.1) is 0 Å². The maximum atomic E-state index is 5.54. The number of aryl methyl sites for hydroxylation is 1. The Morgan fingerprint density at radius 3 is 2.87 bits per heavy atom.